The molecule has 3 rings (SSSR count). The van der Waals surface area contributed by atoms with E-state index in [0.29, 0.717) is 18.6 Å². The minimum absolute atomic E-state index is 0.250. The highest BCUT2D eigenvalue weighted by Gasteiger charge is 2.45. The molecule has 3 heterocycles. The van der Waals surface area contributed by atoms with Gasteiger partial charge in [0.15, 0.2) is 0 Å². The summed E-state index contributed by atoms with van der Waals surface area (Å²) in [6.07, 6.45) is 3.90. The van der Waals surface area contributed by atoms with E-state index in [1.165, 1.54) is 0 Å². The average Bonchev–Trinajstić information content (AvgIpc) is 3.07. The van der Waals surface area contributed by atoms with Crippen molar-refractivity contribution in [2.75, 3.05) is 40.0 Å². The fourth-order valence-electron chi connectivity index (χ4n) is 3.12. The normalized spacial score (nSPS) is 29.8. The Morgan fingerprint density at radius 2 is 2.40 bits per heavy atom. The standard InChI is InChI=1S/C15H22N2O3/c1-18-6-5-17-8-15(13-10-19-11-14(13)17)20-9-12-3-2-4-16-7-12/h2-4,7,13-15H,5-6,8-11H2,1H3/t13-,14+,15-/m0/s1. The molecule has 0 unspecified atom stereocenters. The van der Waals surface area contributed by atoms with Gasteiger partial charge in [-0.3, -0.25) is 9.88 Å². The monoisotopic (exact) mass is 278 g/mol. The van der Waals surface area contributed by atoms with Crippen LogP contribution >= 0.6 is 0 Å². The first-order chi connectivity index (χ1) is 9.88. The fraction of sp³-hybridized carbons (Fsp3) is 0.667. The van der Waals surface area contributed by atoms with E-state index >= 15 is 0 Å². The van der Waals surface area contributed by atoms with E-state index in [-0.39, 0.29) is 6.10 Å². The van der Waals surface area contributed by atoms with Crippen molar-refractivity contribution in [3.63, 3.8) is 0 Å². The van der Waals surface area contributed by atoms with Gasteiger partial charge in [-0.15, -0.1) is 0 Å². The Balaban J connectivity index is 1.56. The first-order valence-electron chi connectivity index (χ1n) is 7.19. The molecule has 2 aliphatic heterocycles. The lowest BCUT2D eigenvalue weighted by Gasteiger charge is -2.21. The van der Waals surface area contributed by atoms with Crippen molar-refractivity contribution in [3.05, 3.63) is 30.1 Å². The molecule has 0 radical (unpaired) electrons. The Labute approximate surface area is 119 Å². The molecule has 1 aromatic rings. The number of ether oxygens (including phenoxy) is 3. The van der Waals surface area contributed by atoms with Gasteiger partial charge in [-0.1, -0.05) is 6.07 Å². The topological polar surface area (TPSA) is 43.8 Å². The van der Waals surface area contributed by atoms with Gasteiger partial charge in [0.1, 0.15) is 0 Å². The summed E-state index contributed by atoms with van der Waals surface area (Å²) >= 11 is 0. The van der Waals surface area contributed by atoms with Gasteiger partial charge < -0.3 is 14.2 Å². The van der Waals surface area contributed by atoms with Gasteiger partial charge in [0.2, 0.25) is 0 Å². The zero-order valence-electron chi connectivity index (χ0n) is 11.9. The molecule has 2 saturated heterocycles. The highest BCUT2D eigenvalue weighted by Crippen LogP contribution is 2.32. The van der Waals surface area contributed by atoms with Crippen LogP contribution in [0.2, 0.25) is 0 Å². The molecule has 0 N–H and O–H groups in total. The molecule has 0 aliphatic carbocycles. The minimum Gasteiger partial charge on any atom is -0.383 e. The van der Waals surface area contributed by atoms with Gasteiger partial charge in [-0.2, -0.15) is 0 Å². The van der Waals surface area contributed by atoms with E-state index in [4.69, 9.17) is 14.2 Å². The number of pyridine rings is 1. The number of likely N-dealkylation sites (tertiary alicyclic amines) is 1. The molecule has 0 saturated carbocycles. The minimum atomic E-state index is 0.250. The second-order valence-corrected chi connectivity index (χ2v) is 5.47. The first-order valence-corrected chi connectivity index (χ1v) is 7.19. The van der Waals surface area contributed by atoms with E-state index in [1.807, 2.05) is 18.3 Å². The van der Waals surface area contributed by atoms with Crippen molar-refractivity contribution in [2.45, 2.75) is 18.8 Å². The zero-order chi connectivity index (χ0) is 13.8. The molecule has 0 amide bonds. The van der Waals surface area contributed by atoms with Crippen LogP contribution in [0.15, 0.2) is 24.5 Å². The van der Waals surface area contributed by atoms with Crippen molar-refractivity contribution in [1.82, 2.24) is 9.88 Å². The van der Waals surface area contributed by atoms with Crippen LogP contribution < -0.4 is 0 Å². The summed E-state index contributed by atoms with van der Waals surface area (Å²) in [5.41, 5.74) is 1.12. The largest absolute Gasteiger partial charge is 0.383 e. The summed E-state index contributed by atoms with van der Waals surface area (Å²) in [5.74, 6) is 0.489. The molecule has 0 spiro atoms. The van der Waals surface area contributed by atoms with Crippen molar-refractivity contribution in [3.8, 4) is 0 Å². The SMILES string of the molecule is COCCN1C[C@H](OCc2cccnc2)[C@H]2COC[C@H]21. The van der Waals surface area contributed by atoms with Crippen LogP contribution in [0.3, 0.4) is 0 Å². The van der Waals surface area contributed by atoms with Crippen LogP contribution in [0, 0.1) is 5.92 Å². The van der Waals surface area contributed by atoms with E-state index in [0.717, 1.165) is 38.5 Å². The lowest BCUT2D eigenvalue weighted by Crippen LogP contribution is -2.35. The van der Waals surface area contributed by atoms with Crippen LogP contribution in [0.4, 0.5) is 0 Å². The molecule has 110 valence electrons. The van der Waals surface area contributed by atoms with E-state index in [1.54, 1.807) is 13.3 Å². The molecule has 2 fully saturated rings. The van der Waals surface area contributed by atoms with Gasteiger partial charge >= 0.3 is 0 Å². The maximum atomic E-state index is 6.11. The summed E-state index contributed by atoms with van der Waals surface area (Å²) in [6, 6.07) is 4.48. The van der Waals surface area contributed by atoms with Crippen LogP contribution in [0.25, 0.3) is 0 Å². The number of fused-ring (bicyclic) bond motifs is 1. The van der Waals surface area contributed by atoms with Crippen LogP contribution in [0.1, 0.15) is 5.56 Å². The number of methoxy groups -OCH3 is 1. The Kier molecular flexibility index (Phi) is 4.62. The smallest absolute Gasteiger partial charge is 0.0772 e. The Morgan fingerprint density at radius 1 is 1.45 bits per heavy atom. The summed E-state index contributed by atoms with van der Waals surface area (Å²) in [7, 11) is 1.75. The van der Waals surface area contributed by atoms with E-state index < -0.39 is 0 Å². The lowest BCUT2D eigenvalue weighted by atomic mass is 10.0. The van der Waals surface area contributed by atoms with E-state index in [9.17, 15) is 0 Å². The Hall–Kier alpha value is -1.01. The Morgan fingerprint density at radius 3 is 3.20 bits per heavy atom. The molecule has 0 aromatic carbocycles. The maximum Gasteiger partial charge on any atom is 0.0772 e. The van der Waals surface area contributed by atoms with Gasteiger partial charge in [0.05, 0.1) is 32.5 Å². The van der Waals surface area contributed by atoms with Crippen molar-refractivity contribution < 1.29 is 14.2 Å². The average molecular weight is 278 g/mol. The second kappa shape index (κ2) is 6.63. The zero-order valence-corrected chi connectivity index (χ0v) is 11.9. The number of rotatable bonds is 6. The number of aromatic nitrogens is 1. The number of hydrogen-bond acceptors (Lipinski definition) is 5. The van der Waals surface area contributed by atoms with Gasteiger partial charge in [0, 0.05) is 44.6 Å². The summed E-state index contributed by atoms with van der Waals surface area (Å²) in [4.78, 5) is 6.56. The molecule has 5 heteroatoms. The first kappa shape index (κ1) is 13.9. The lowest BCUT2D eigenvalue weighted by molar-refractivity contribution is 0.00785. The third-order valence-electron chi connectivity index (χ3n) is 4.22. The van der Waals surface area contributed by atoms with Crippen LogP contribution in [0.5, 0.6) is 0 Å². The summed E-state index contributed by atoms with van der Waals surface area (Å²) in [5, 5.41) is 0. The van der Waals surface area contributed by atoms with Crippen molar-refractivity contribution in [1.29, 1.82) is 0 Å². The van der Waals surface area contributed by atoms with Crippen LogP contribution in [-0.2, 0) is 20.8 Å². The van der Waals surface area contributed by atoms with Gasteiger partial charge in [-0.25, -0.2) is 0 Å². The molecule has 1 aromatic heterocycles. The predicted octanol–water partition coefficient (Wildman–Crippen LogP) is 0.944. The summed E-state index contributed by atoms with van der Waals surface area (Å²) in [6.45, 7) is 4.95. The predicted molar refractivity (Wildman–Crippen MR) is 74.4 cm³/mol. The van der Waals surface area contributed by atoms with Crippen molar-refractivity contribution in [2.24, 2.45) is 5.92 Å². The third kappa shape index (κ3) is 3.01. The number of nitrogens with zero attached hydrogens (tertiary/aromatic N) is 2. The molecule has 0 bridgehead atoms. The molecule has 20 heavy (non-hydrogen) atoms. The van der Waals surface area contributed by atoms with E-state index in [2.05, 4.69) is 9.88 Å². The van der Waals surface area contributed by atoms with Gasteiger partial charge in [0.25, 0.3) is 0 Å². The maximum absolute atomic E-state index is 6.11. The third-order valence-corrected chi connectivity index (χ3v) is 4.22. The molecule has 5 nitrogen and oxygen atoms in total. The molecular weight excluding hydrogens is 256 g/mol. The molecule has 2 aliphatic rings. The second-order valence-electron chi connectivity index (χ2n) is 5.47. The highest BCUT2D eigenvalue weighted by atomic mass is 16.5. The summed E-state index contributed by atoms with van der Waals surface area (Å²) < 4.78 is 16.9. The fourth-order valence-corrected chi connectivity index (χ4v) is 3.12. The molecular formula is C15H22N2O3. The van der Waals surface area contributed by atoms with Crippen LogP contribution in [-0.4, -0.2) is 62.0 Å². The molecule has 3 atom stereocenters. The quantitative estimate of drug-likeness (QED) is 0.775. The van der Waals surface area contributed by atoms with Gasteiger partial charge in [-0.05, 0) is 11.6 Å². The number of hydrogen-bond donors (Lipinski definition) is 0. The Bertz CT molecular complexity index is 415. The van der Waals surface area contributed by atoms with Crippen molar-refractivity contribution >= 4 is 0 Å². The highest BCUT2D eigenvalue weighted by molar-refractivity contribution is 5.07.